The van der Waals surface area contributed by atoms with E-state index < -0.39 is 0 Å². The lowest BCUT2D eigenvalue weighted by molar-refractivity contribution is -0.129. The minimum atomic E-state index is -0.102. The van der Waals surface area contributed by atoms with Gasteiger partial charge in [-0.15, -0.1) is 0 Å². The Balaban J connectivity index is 1.88. The summed E-state index contributed by atoms with van der Waals surface area (Å²) in [5.41, 5.74) is 1.10. The van der Waals surface area contributed by atoms with Gasteiger partial charge in [0.15, 0.2) is 0 Å². The number of amides is 2. The fourth-order valence-electron chi connectivity index (χ4n) is 2.40. The minimum Gasteiger partial charge on any atom is -0.355 e. The van der Waals surface area contributed by atoms with E-state index in [1.165, 1.54) is 5.56 Å². The summed E-state index contributed by atoms with van der Waals surface area (Å²) in [7, 11) is 0. The molecule has 0 aliphatic carbocycles. The first kappa shape index (κ1) is 14.6. The Hall–Kier alpha value is -1.84. The lowest BCUT2D eigenvalue weighted by Crippen LogP contribution is -2.45. The molecule has 2 amide bonds. The van der Waals surface area contributed by atoms with E-state index in [0.717, 1.165) is 0 Å². The van der Waals surface area contributed by atoms with Crippen LogP contribution in [-0.2, 0) is 15.0 Å². The Morgan fingerprint density at radius 2 is 2.05 bits per heavy atom. The van der Waals surface area contributed by atoms with Crippen LogP contribution < -0.4 is 10.6 Å². The van der Waals surface area contributed by atoms with Crippen molar-refractivity contribution in [3.63, 3.8) is 0 Å². The number of rotatable bonds is 4. The van der Waals surface area contributed by atoms with Gasteiger partial charge in [0.2, 0.25) is 11.8 Å². The molecule has 0 spiro atoms. The lowest BCUT2D eigenvalue weighted by atomic mass is 9.84. The van der Waals surface area contributed by atoms with E-state index in [2.05, 4.69) is 36.6 Å². The third-order valence-electron chi connectivity index (χ3n) is 3.90. The summed E-state index contributed by atoms with van der Waals surface area (Å²) in [4.78, 5) is 23.2. The fourth-order valence-corrected chi connectivity index (χ4v) is 2.40. The highest BCUT2D eigenvalue weighted by molar-refractivity contribution is 5.83. The van der Waals surface area contributed by atoms with Crippen LogP contribution in [0.2, 0.25) is 0 Å². The summed E-state index contributed by atoms with van der Waals surface area (Å²) in [6, 6.07) is 10.2. The predicted octanol–water partition coefficient (Wildman–Crippen LogP) is 1.61. The molecule has 20 heavy (non-hydrogen) atoms. The van der Waals surface area contributed by atoms with Gasteiger partial charge in [-0.1, -0.05) is 44.2 Å². The Morgan fingerprint density at radius 1 is 1.35 bits per heavy atom. The van der Waals surface area contributed by atoms with Gasteiger partial charge in [-0.25, -0.2) is 0 Å². The van der Waals surface area contributed by atoms with E-state index in [-0.39, 0.29) is 23.1 Å². The largest absolute Gasteiger partial charge is 0.355 e. The zero-order valence-electron chi connectivity index (χ0n) is 12.1. The number of nitrogens with one attached hydrogen (secondary N) is 2. The highest BCUT2D eigenvalue weighted by Gasteiger charge is 2.27. The van der Waals surface area contributed by atoms with Gasteiger partial charge in [0.1, 0.15) is 0 Å². The minimum absolute atomic E-state index is 0.0361. The van der Waals surface area contributed by atoms with Crippen molar-refractivity contribution in [3.8, 4) is 0 Å². The first-order valence-corrected chi connectivity index (χ1v) is 7.09. The van der Waals surface area contributed by atoms with Crippen LogP contribution in [0.25, 0.3) is 0 Å². The van der Waals surface area contributed by atoms with E-state index in [9.17, 15) is 9.59 Å². The fraction of sp³-hybridized carbons (Fsp3) is 0.500. The molecule has 1 aliphatic heterocycles. The molecule has 1 aromatic carbocycles. The van der Waals surface area contributed by atoms with Crippen LogP contribution in [0, 0.1) is 5.92 Å². The van der Waals surface area contributed by atoms with Gasteiger partial charge < -0.3 is 10.6 Å². The Morgan fingerprint density at radius 3 is 2.65 bits per heavy atom. The van der Waals surface area contributed by atoms with Crippen molar-refractivity contribution in [1.29, 1.82) is 0 Å². The molecule has 2 N–H and O–H groups in total. The average Bonchev–Trinajstić information content (AvgIpc) is 2.46. The molecule has 2 rings (SSSR count). The molecule has 108 valence electrons. The van der Waals surface area contributed by atoms with Gasteiger partial charge in [0.25, 0.3) is 0 Å². The van der Waals surface area contributed by atoms with E-state index >= 15 is 0 Å². The SMILES string of the molecule is CC(C)(CNC(=O)C1CCC(=O)NC1)c1ccccc1. The van der Waals surface area contributed by atoms with Gasteiger partial charge in [0, 0.05) is 24.9 Å². The van der Waals surface area contributed by atoms with Crippen LogP contribution in [0.1, 0.15) is 32.3 Å². The second-order valence-corrected chi connectivity index (χ2v) is 6.01. The topological polar surface area (TPSA) is 58.2 Å². The van der Waals surface area contributed by atoms with Crippen molar-refractivity contribution in [2.75, 3.05) is 13.1 Å². The molecule has 0 saturated carbocycles. The molecule has 1 atom stereocenters. The van der Waals surface area contributed by atoms with Crippen molar-refractivity contribution < 1.29 is 9.59 Å². The summed E-state index contributed by atoms with van der Waals surface area (Å²) < 4.78 is 0. The molecule has 1 unspecified atom stereocenters. The summed E-state index contributed by atoms with van der Waals surface area (Å²) in [5.74, 6) is -0.0213. The number of benzene rings is 1. The second kappa shape index (κ2) is 6.07. The zero-order chi connectivity index (χ0) is 14.6. The van der Waals surface area contributed by atoms with Crippen LogP contribution in [0.3, 0.4) is 0 Å². The smallest absolute Gasteiger partial charge is 0.224 e. The van der Waals surface area contributed by atoms with Gasteiger partial charge >= 0.3 is 0 Å². The molecular weight excluding hydrogens is 252 g/mol. The number of carbonyl (C=O) groups excluding carboxylic acids is 2. The summed E-state index contributed by atoms with van der Waals surface area (Å²) in [5, 5.41) is 5.76. The Labute approximate surface area is 119 Å². The summed E-state index contributed by atoms with van der Waals surface area (Å²) in [6.45, 7) is 5.28. The predicted molar refractivity (Wildman–Crippen MR) is 78.2 cm³/mol. The molecule has 0 aromatic heterocycles. The molecule has 1 heterocycles. The number of carbonyl (C=O) groups is 2. The van der Waals surface area contributed by atoms with Gasteiger partial charge in [-0.05, 0) is 12.0 Å². The van der Waals surface area contributed by atoms with Crippen molar-refractivity contribution in [3.05, 3.63) is 35.9 Å². The lowest BCUT2D eigenvalue weighted by Gasteiger charge is -2.28. The molecule has 1 aliphatic rings. The first-order valence-electron chi connectivity index (χ1n) is 7.09. The van der Waals surface area contributed by atoms with Crippen LogP contribution in [0.5, 0.6) is 0 Å². The molecule has 1 aromatic rings. The quantitative estimate of drug-likeness (QED) is 0.876. The normalized spacial score (nSPS) is 19.3. The first-order chi connectivity index (χ1) is 9.49. The third-order valence-corrected chi connectivity index (χ3v) is 3.90. The van der Waals surface area contributed by atoms with E-state index in [1.807, 2.05) is 18.2 Å². The van der Waals surface area contributed by atoms with Crippen LogP contribution >= 0.6 is 0 Å². The maximum absolute atomic E-state index is 12.1. The average molecular weight is 274 g/mol. The van der Waals surface area contributed by atoms with Crippen molar-refractivity contribution >= 4 is 11.8 Å². The number of hydrogen-bond donors (Lipinski definition) is 2. The Bertz CT molecular complexity index is 473. The van der Waals surface area contributed by atoms with Crippen LogP contribution in [-0.4, -0.2) is 24.9 Å². The van der Waals surface area contributed by atoms with Crippen LogP contribution in [0.15, 0.2) is 30.3 Å². The van der Waals surface area contributed by atoms with Gasteiger partial charge in [-0.2, -0.15) is 0 Å². The van der Waals surface area contributed by atoms with Crippen molar-refractivity contribution in [2.24, 2.45) is 5.92 Å². The van der Waals surface area contributed by atoms with E-state index in [0.29, 0.717) is 25.9 Å². The molecule has 0 radical (unpaired) electrons. The Kier molecular flexibility index (Phi) is 4.42. The second-order valence-electron chi connectivity index (χ2n) is 6.01. The van der Waals surface area contributed by atoms with E-state index in [4.69, 9.17) is 0 Å². The molecule has 4 heteroatoms. The highest BCUT2D eigenvalue weighted by atomic mass is 16.2. The van der Waals surface area contributed by atoms with Crippen molar-refractivity contribution in [2.45, 2.75) is 32.1 Å². The summed E-state index contributed by atoms with van der Waals surface area (Å²) >= 11 is 0. The maximum atomic E-state index is 12.1. The maximum Gasteiger partial charge on any atom is 0.224 e. The van der Waals surface area contributed by atoms with Crippen molar-refractivity contribution in [1.82, 2.24) is 10.6 Å². The molecule has 1 saturated heterocycles. The van der Waals surface area contributed by atoms with Crippen LogP contribution in [0.4, 0.5) is 0 Å². The number of hydrogen-bond acceptors (Lipinski definition) is 2. The molecule has 0 bridgehead atoms. The standard InChI is InChI=1S/C16H22N2O2/c1-16(2,13-6-4-3-5-7-13)11-18-15(20)12-8-9-14(19)17-10-12/h3-7,12H,8-11H2,1-2H3,(H,17,19)(H,18,20). The number of piperidine rings is 1. The summed E-state index contributed by atoms with van der Waals surface area (Å²) in [6.07, 6.45) is 1.09. The monoisotopic (exact) mass is 274 g/mol. The van der Waals surface area contributed by atoms with Gasteiger partial charge in [0.05, 0.1) is 5.92 Å². The molecule has 4 nitrogen and oxygen atoms in total. The molecular formula is C16H22N2O2. The van der Waals surface area contributed by atoms with Gasteiger partial charge in [-0.3, -0.25) is 9.59 Å². The highest BCUT2D eigenvalue weighted by Crippen LogP contribution is 2.22. The zero-order valence-corrected chi connectivity index (χ0v) is 12.1. The van der Waals surface area contributed by atoms with E-state index in [1.54, 1.807) is 0 Å². The third kappa shape index (κ3) is 3.59. The molecule has 1 fully saturated rings.